The molecule has 0 spiro atoms. The highest BCUT2D eigenvalue weighted by Gasteiger charge is 2.31. The third-order valence-electron chi connectivity index (χ3n) is 1.54. The summed E-state index contributed by atoms with van der Waals surface area (Å²) < 4.78 is 37.2. The Balaban J connectivity index is 5.16. The summed E-state index contributed by atoms with van der Waals surface area (Å²) in [5.41, 5.74) is -0.783. The van der Waals surface area contributed by atoms with Crippen molar-refractivity contribution in [1.29, 1.82) is 5.26 Å². The molecule has 0 amide bonds. The van der Waals surface area contributed by atoms with Crippen molar-refractivity contribution in [1.82, 2.24) is 0 Å². The van der Waals surface area contributed by atoms with Crippen LogP contribution in [-0.4, -0.2) is 6.18 Å². The lowest BCUT2D eigenvalue weighted by molar-refractivity contribution is -0.0884. The zero-order valence-electron chi connectivity index (χ0n) is 8.60. The molecule has 0 aromatic heterocycles. The second-order valence-corrected chi connectivity index (χ2v) is 2.78. The molecule has 0 heterocycles. The summed E-state index contributed by atoms with van der Waals surface area (Å²) in [6, 6.07) is 1.70. The Morgan fingerprint density at radius 2 is 2.00 bits per heavy atom. The van der Waals surface area contributed by atoms with E-state index < -0.39 is 11.7 Å². The van der Waals surface area contributed by atoms with Crippen LogP contribution in [0.15, 0.2) is 35.5 Å². The average molecular weight is 215 g/mol. The zero-order valence-corrected chi connectivity index (χ0v) is 8.60. The van der Waals surface area contributed by atoms with Gasteiger partial charge < -0.3 is 0 Å². The van der Waals surface area contributed by atoms with Gasteiger partial charge >= 0.3 is 6.18 Å². The monoisotopic (exact) mass is 215 g/mol. The zero-order chi connectivity index (χ0) is 11.9. The maximum absolute atomic E-state index is 12.4. The second-order valence-electron chi connectivity index (χ2n) is 2.78. The Hall–Kier alpha value is -1.50. The number of nitrogens with zero attached hydrogens (tertiary/aromatic N) is 1. The topological polar surface area (TPSA) is 23.8 Å². The first kappa shape index (κ1) is 13.5. The highest BCUT2D eigenvalue weighted by molar-refractivity contribution is 5.40. The fraction of sp³-hybridized carbons (Fsp3) is 0.364. The highest BCUT2D eigenvalue weighted by atomic mass is 19.4. The van der Waals surface area contributed by atoms with E-state index in [9.17, 15) is 13.2 Å². The van der Waals surface area contributed by atoms with E-state index >= 15 is 0 Å². The molecule has 4 heteroatoms. The van der Waals surface area contributed by atoms with Crippen molar-refractivity contribution in [2.75, 3.05) is 0 Å². The van der Waals surface area contributed by atoms with E-state index in [1.165, 1.54) is 12.2 Å². The lowest BCUT2D eigenvalue weighted by Crippen LogP contribution is -2.10. The van der Waals surface area contributed by atoms with Crippen molar-refractivity contribution < 1.29 is 13.2 Å². The largest absolute Gasteiger partial charge is 0.416 e. The predicted octanol–water partition coefficient (Wildman–Crippen LogP) is 3.91. The quantitative estimate of drug-likeness (QED) is 0.517. The van der Waals surface area contributed by atoms with Crippen molar-refractivity contribution >= 4 is 0 Å². The van der Waals surface area contributed by atoms with E-state index in [0.717, 1.165) is 12.2 Å². The summed E-state index contributed by atoms with van der Waals surface area (Å²) in [4.78, 5) is 0. The number of halogens is 3. The molecule has 0 aliphatic carbocycles. The van der Waals surface area contributed by atoms with Gasteiger partial charge in [0.15, 0.2) is 0 Å². The molecule has 0 aromatic rings. The molecule has 0 rings (SSSR count). The fourth-order valence-corrected chi connectivity index (χ4v) is 0.941. The molecular formula is C11H12F3N. The van der Waals surface area contributed by atoms with E-state index in [1.807, 2.05) is 0 Å². The normalized spacial score (nSPS) is 14.4. The molecule has 0 fully saturated rings. The lowest BCUT2D eigenvalue weighted by Gasteiger charge is -2.07. The third-order valence-corrected chi connectivity index (χ3v) is 1.54. The van der Waals surface area contributed by atoms with E-state index in [2.05, 4.69) is 0 Å². The first-order valence-electron chi connectivity index (χ1n) is 4.47. The smallest absolute Gasteiger partial charge is 0.192 e. The Kier molecular flexibility index (Phi) is 5.46. The third kappa shape index (κ3) is 5.06. The van der Waals surface area contributed by atoms with Crippen LogP contribution in [-0.2, 0) is 0 Å². The minimum atomic E-state index is -4.40. The summed E-state index contributed by atoms with van der Waals surface area (Å²) in [7, 11) is 0. The van der Waals surface area contributed by atoms with E-state index in [1.54, 1.807) is 19.9 Å². The molecule has 0 saturated carbocycles. The standard InChI is InChI=1S/C11H12F3N/c1-3-5-9(8-15)7-10(6-4-2)11(12,13)14/h3,5-7H,4H2,1-2H3/b5-3-,9-7+,10-6-. The van der Waals surface area contributed by atoms with E-state index in [-0.39, 0.29) is 12.0 Å². The van der Waals surface area contributed by atoms with Crippen LogP contribution in [0.25, 0.3) is 0 Å². The molecule has 0 radical (unpaired) electrons. The Bertz CT molecular complexity index is 327. The maximum Gasteiger partial charge on any atom is 0.416 e. The summed E-state index contributed by atoms with van der Waals surface area (Å²) in [5.74, 6) is 0. The molecule has 1 nitrogen and oxygen atoms in total. The maximum atomic E-state index is 12.4. The highest BCUT2D eigenvalue weighted by Crippen LogP contribution is 2.27. The molecule has 0 unspecified atom stereocenters. The van der Waals surface area contributed by atoms with Crippen LogP contribution in [0.5, 0.6) is 0 Å². The summed E-state index contributed by atoms with van der Waals surface area (Å²) >= 11 is 0. The molecule has 82 valence electrons. The van der Waals surface area contributed by atoms with Crippen LogP contribution >= 0.6 is 0 Å². The van der Waals surface area contributed by atoms with Crippen LogP contribution in [0.3, 0.4) is 0 Å². The van der Waals surface area contributed by atoms with Gasteiger partial charge in [0.25, 0.3) is 0 Å². The summed E-state index contributed by atoms with van der Waals surface area (Å²) in [6.07, 6.45) is 0.647. The molecule has 0 atom stereocenters. The lowest BCUT2D eigenvalue weighted by atomic mass is 10.1. The van der Waals surface area contributed by atoms with Gasteiger partial charge in [-0.15, -0.1) is 0 Å². The summed E-state index contributed by atoms with van der Waals surface area (Å²) in [5, 5.41) is 8.58. The number of hydrogen-bond donors (Lipinski definition) is 0. The van der Waals surface area contributed by atoms with Crippen LogP contribution in [0.4, 0.5) is 13.2 Å². The van der Waals surface area contributed by atoms with Crippen molar-refractivity contribution in [3.63, 3.8) is 0 Å². The predicted molar refractivity (Wildman–Crippen MR) is 52.9 cm³/mol. The van der Waals surface area contributed by atoms with Crippen LogP contribution < -0.4 is 0 Å². The Labute approximate surface area is 87.2 Å². The number of rotatable bonds is 3. The van der Waals surface area contributed by atoms with Crippen molar-refractivity contribution in [2.45, 2.75) is 26.4 Å². The van der Waals surface area contributed by atoms with Gasteiger partial charge in [-0.05, 0) is 25.5 Å². The minimum Gasteiger partial charge on any atom is -0.192 e. The first-order chi connectivity index (χ1) is 6.95. The number of nitriles is 1. The van der Waals surface area contributed by atoms with Gasteiger partial charge in [-0.1, -0.05) is 19.1 Å². The van der Waals surface area contributed by atoms with Gasteiger partial charge in [0.1, 0.15) is 0 Å². The number of hydrogen-bond acceptors (Lipinski definition) is 1. The molecule has 0 aromatic carbocycles. The second kappa shape index (κ2) is 6.07. The van der Waals surface area contributed by atoms with Gasteiger partial charge in [0, 0.05) is 0 Å². The molecule has 0 saturated heterocycles. The van der Waals surface area contributed by atoms with Crippen molar-refractivity contribution in [2.24, 2.45) is 0 Å². The molecule has 0 aliphatic heterocycles. The van der Waals surface area contributed by atoms with E-state index in [0.29, 0.717) is 0 Å². The van der Waals surface area contributed by atoms with Crippen molar-refractivity contribution in [3.8, 4) is 6.07 Å². The number of alkyl halides is 3. The Morgan fingerprint density at radius 1 is 1.40 bits per heavy atom. The van der Waals surface area contributed by atoms with Crippen LogP contribution in [0, 0.1) is 11.3 Å². The fourth-order valence-electron chi connectivity index (χ4n) is 0.941. The van der Waals surface area contributed by atoms with Gasteiger partial charge in [-0.25, -0.2) is 0 Å². The van der Waals surface area contributed by atoms with Crippen molar-refractivity contribution in [3.05, 3.63) is 35.5 Å². The molecule has 0 bridgehead atoms. The average Bonchev–Trinajstić information content (AvgIpc) is 2.14. The summed E-state index contributed by atoms with van der Waals surface area (Å²) in [6.45, 7) is 3.25. The molecular weight excluding hydrogens is 203 g/mol. The van der Waals surface area contributed by atoms with Gasteiger partial charge in [-0.3, -0.25) is 0 Å². The first-order valence-corrected chi connectivity index (χ1v) is 4.47. The van der Waals surface area contributed by atoms with E-state index in [4.69, 9.17) is 5.26 Å². The van der Waals surface area contributed by atoms with Gasteiger partial charge in [0.2, 0.25) is 0 Å². The Morgan fingerprint density at radius 3 is 2.33 bits per heavy atom. The van der Waals surface area contributed by atoms with Gasteiger partial charge in [-0.2, -0.15) is 18.4 Å². The molecule has 0 aliphatic rings. The van der Waals surface area contributed by atoms with Crippen LogP contribution in [0.1, 0.15) is 20.3 Å². The van der Waals surface area contributed by atoms with Crippen LogP contribution in [0.2, 0.25) is 0 Å². The minimum absolute atomic E-state index is 0.00507. The SMILES string of the molecule is C\C=C/C(C#N)=C\C(=C\CC)C(F)(F)F. The number of allylic oxidation sites excluding steroid dienone is 6. The molecule has 0 N–H and O–H groups in total. The molecule has 15 heavy (non-hydrogen) atoms. The van der Waals surface area contributed by atoms with Gasteiger partial charge in [0.05, 0.1) is 17.2 Å².